The van der Waals surface area contributed by atoms with E-state index < -0.39 is 0 Å². The van der Waals surface area contributed by atoms with Crippen LogP contribution in [0.5, 0.6) is 0 Å². The van der Waals surface area contributed by atoms with Gasteiger partial charge in [0, 0.05) is 25.2 Å². The van der Waals surface area contributed by atoms with Crippen molar-refractivity contribution in [2.75, 3.05) is 19.7 Å². The monoisotopic (exact) mass is 386 g/mol. The smallest absolute Gasteiger partial charge is 0.309 e. The zero-order valence-electron chi connectivity index (χ0n) is 16.9. The van der Waals surface area contributed by atoms with Gasteiger partial charge < -0.3 is 15.0 Å². The lowest BCUT2D eigenvalue weighted by Gasteiger charge is -2.30. The zero-order valence-corrected chi connectivity index (χ0v) is 16.9. The maximum atomic E-state index is 12.3. The molecule has 0 aliphatic carbocycles. The second kappa shape index (κ2) is 10.6. The van der Waals surface area contributed by atoms with Crippen LogP contribution < -0.4 is 5.32 Å². The first-order valence-corrected chi connectivity index (χ1v) is 9.85. The van der Waals surface area contributed by atoms with Gasteiger partial charge in [0.2, 0.25) is 5.91 Å². The first-order chi connectivity index (χ1) is 13.4. The molecule has 0 spiro atoms. The first kappa shape index (κ1) is 21.7. The molecule has 152 valence electrons. The van der Waals surface area contributed by atoms with Crippen molar-refractivity contribution in [1.82, 2.24) is 10.2 Å². The van der Waals surface area contributed by atoms with Crippen molar-refractivity contribution in [3.05, 3.63) is 42.0 Å². The Labute approximate surface area is 166 Å². The molecule has 1 heterocycles. The molecule has 1 unspecified atom stereocenters. The average Bonchev–Trinajstić information content (AvgIpc) is 2.71. The molecular formula is C22H30N2O4. The molecule has 0 radical (unpaired) electrons. The summed E-state index contributed by atoms with van der Waals surface area (Å²) in [6, 6.07) is 9.67. The second-order valence-electron chi connectivity index (χ2n) is 7.55. The summed E-state index contributed by atoms with van der Waals surface area (Å²) in [6.07, 6.45) is 4.45. The molecule has 6 nitrogen and oxygen atoms in total. The molecule has 6 heteroatoms. The van der Waals surface area contributed by atoms with Crippen molar-refractivity contribution in [1.29, 1.82) is 0 Å². The minimum atomic E-state index is -0.362. The fourth-order valence-corrected chi connectivity index (χ4v) is 2.89. The van der Waals surface area contributed by atoms with Gasteiger partial charge in [0.1, 0.15) is 0 Å². The number of amides is 2. The van der Waals surface area contributed by atoms with E-state index in [0.717, 1.165) is 5.56 Å². The summed E-state index contributed by atoms with van der Waals surface area (Å²) in [5, 5.41) is 2.81. The molecule has 28 heavy (non-hydrogen) atoms. The summed E-state index contributed by atoms with van der Waals surface area (Å²) in [5.74, 6) is -0.653. The van der Waals surface area contributed by atoms with Crippen LogP contribution in [0.2, 0.25) is 0 Å². The van der Waals surface area contributed by atoms with Crippen LogP contribution in [0.4, 0.5) is 0 Å². The minimum absolute atomic E-state index is 0.0318. The van der Waals surface area contributed by atoms with Gasteiger partial charge in [-0.25, -0.2) is 0 Å². The van der Waals surface area contributed by atoms with Gasteiger partial charge >= 0.3 is 5.97 Å². The van der Waals surface area contributed by atoms with Crippen LogP contribution in [0.15, 0.2) is 36.4 Å². The number of piperidine rings is 1. The lowest BCUT2D eigenvalue weighted by Crippen LogP contribution is -2.41. The van der Waals surface area contributed by atoms with E-state index in [1.54, 1.807) is 17.1 Å². The van der Waals surface area contributed by atoms with Crippen LogP contribution in [0.1, 0.15) is 39.2 Å². The van der Waals surface area contributed by atoms with Crippen molar-refractivity contribution < 1.29 is 19.1 Å². The fraction of sp³-hybridized carbons (Fsp3) is 0.500. The number of esters is 1. The van der Waals surface area contributed by atoms with Gasteiger partial charge in [-0.05, 0) is 37.3 Å². The highest BCUT2D eigenvalue weighted by atomic mass is 16.5. The Morgan fingerprint density at radius 3 is 2.39 bits per heavy atom. The van der Waals surface area contributed by atoms with E-state index in [1.165, 1.54) is 0 Å². The number of nitrogens with zero attached hydrogens (tertiary/aromatic N) is 1. The molecule has 1 saturated heterocycles. The third-order valence-electron chi connectivity index (χ3n) is 5.09. The van der Waals surface area contributed by atoms with Crippen LogP contribution in [-0.4, -0.2) is 48.4 Å². The van der Waals surface area contributed by atoms with E-state index >= 15 is 0 Å². The first-order valence-electron chi connectivity index (χ1n) is 9.85. The molecular weight excluding hydrogens is 356 g/mol. The Kier molecular flexibility index (Phi) is 8.23. The topological polar surface area (TPSA) is 75.7 Å². The molecule has 1 aliphatic heterocycles. The normalized spacial score (nSPS) is 16.2. The van der Waals surface area contributed by atoms with Crippen LogP contribution in [0.3, 0.4) is 0 Å². The molecule has 0 aromatic heterocycles. The van der Waals surface area contributed by atoms with Gasteiger partial charge in [-0.3, -0.25) is 14.4 Å². The number of rotatable bonds is 7. The summed E-state index contributed by atoms with van der Waals surface area (Å²) in [6.45, 7) is 6.71. The Bertz CT molecular complexity index is 692. The van der Waals surface area contributed by atoms with Crippen molar-refractivity contribution in [2.45, 2.75) is 39.7 Å². The Hall–Kier alpha value is -2.63. The molecule has 0 bridgehead atoms. The highest BCUT2D eigenvalue weighted by molar-refractivity contribution is 5.92. The predicted molar refractivity (Wildman–Crippen MR) is 108 cm³/mol. The SMILES string of the molecule is CC(C)C(C)NC(=O)COC(=O)C1CCN(C(=O)/C=C/c2ccccc2)CC1. The van der Waals surface area contributed by atoms with Crippen molar-refractivity contribution in [2.24, 2.45) is 11.8 Å². The Morgan fingerprint density at radius 1 is 1.14 bits per heavy atom. The molecule has 1 aliphatic rings. The lowest BCUT2D eigenvalue weighted by atomic mass is 9.97. The van der Waals surface area contributed by atoms with Gasteiger partial charge in [0.25, 0.3) is 5.91 Å². The fourth-order valence-electron chi connectivity index (χ4n) is 2.89. The summed E-state index contributed by atoms with van der Waals surface area (Å²) >= 11 is 0. The molecule has 1 aromatic carbocycles. The number of carbonyl (C=O) groups excluding carboxylic acids is 3. The van der Waals surface area contributed by atoms with Crippen molar-refractivity contribution in [3.8, 4) is 0 Å². The van der Waals surface area contributed by atoms with Gasteiger partial charge in [0.15, 0.2) is 6.61 Å². The van der Waals surface area contributed by atoms with Crippen LogP contribution in [0.25, 0.3) is 6.08 Å². The maximum absolute atomic E-state index is 12.3. The molecule has 0 saturated carbocycles. The van der Waals surface area contributed by atoms with Crippen LogP contribution >= 0.6 is 0 Å². The Morgan fingerprint density at radius 2 is 1.79 bits per heavy atom. The number of benzene rings is 1. The predicted octanol–water partition coefficient (Wildman–Crippen LogP) is 2.64. The van der Waals surface area contributed by atoms with Gasteiger partial charge in [-0.1, -0.05) is 44.2 Å². The largest absolute Gasteiger partial charge is 0.455 e. The highest BCUT2D eigenvalue weighted by Crippen LogP contribution is 2.19. The number of carbonyl (C=O) groups is 3. The van der Waals surface area contributed by atoms with Crippen LogP contribution in [0, 0.1) is 11.8 Å². The second-order valence-corrected chi connectivity index (χ2v) is 7.55. The Balaban J connectivity index is 1.72. The number of likely N-dealkylation sites (tertiary alicyclic amines) is 1. The molecule has 2 rings (SSSR count). The summed E-state index contributed by atoms with van der Waals surface area (Å²) in [7, 11) is 0. The van der Waals surface area contributed by atoms with Gasteiger partial charge in [0.05, 0.1) is 5.92 Å². The van der Waals surface area contributed by atoms with Crippen molar-refractivity contribution >= 4 is 23.9 Å². The molecule has 1 atom stereocenters. The number of nitrogens with one attached hydrogen (secondary N) is 1. The molecule has 1 fully saturated rings. The number of hydrogen-bond acceptors (Lipinski definition) is 4. The van der Waals surface area contributed by atoms with Crippen LogP contribution in [-0.2, 0) is 19.1 Å². The third-order valence-corrected chi connectivity index (χ3v) is 5.09. The van der Waals surface area contributed by atoms with E-state index in [1.807, 2.05) is 51.1 Å². The minimum Gasteiger partial charge on any atom is -0.455 e. The molecule has 1 N–H and O–H groups in total. The number of ether oxygens (including phenoxy) is 1. The van der Waals surface area contributed by atoms with E-state index in [-0.39, 0.29) is 36.4 Å². The third kappa shape index (κ3) is 6.83. The summed E-state index contributed by atoms with van der Waals surface area (Å²) in [5.41, 5.74) is 0.972. The number of hydrogen-bond donors (Lipinski definition) is 1. The van der Waals surface area contributed by atoms with E-state index in [0.29, 0.717) is 31.8 Å². The van der Waals surface area contributed by atoms with E-state index in [9.17, 15) is 14.4 Å². The van der Waals surface area contributed by atoms with Gasteiger partial charge in [-0.2, -0.15) is 0 Å². The summed E-state index contributed by atoms with van der Waals surface area (Å²) < 4.78 is 5.16. The lowest BCUT2D eigenvalue weighted by molar-refractivity contribution is -0.154. The van der Waals surface area contributed by atoms with Crippen molar-refractivity contribution in [3.63, 3.8) is 0 Å². The maximum Gasteiger partial charge on any atom is 0.309 e. The van der Waals surface area contributed by atoms with E-state index in [4.69, 9.17) is 4.74 Å². The highest BCUT2D eigenvalue weighted by Gasteiger charge is 2.28. The molecule has 1 aromatic rings. The standard InChI is InChI=1S/C22H30N2O4/c1-16(2)17(3)23-20(25)15-28-22(27)19-11-13-24(14-12-19)21(26)10-9-18-7-5-4-6-8-18/h4-10,16-17,19H,11-15H2,1-3H3,(H,23,25)/b10-9+. The van der Waals surface area contributed by atoms with E-state index in [2.05, 4.69) is 5.32 Å². The average molecular weight is 386 g/mol. The zero-order chi connectivity index (χ0) is 20.5. The van der Waals surface area contributed by atoms with Gasteiger partial charge in [-0.15, -0.1) is 0 Å². The summed E-state index contributed by atoms with van der Waals surface area (Å²) in [4.78, 5) is 38.0. The quantitative estimate of drug-likeness (QED) is 0.577. The molecule has 2 amide bonds.